The van der Waals surface area contributed by atoms with Crippen LogP contribution in [-0.2, 0) is 14.3 Å². The Bertz CT molecular complexity index is 315. The van der Waals surface area contributed by atoms with Crippen LogP contribution in [0, 0.1) is 0 Å². The van der Waals surface area contributed by atoms with E-state index in [4.69, 9.17) is 9.84 Å². The molecule has 0 heterocycles. The van der Waals surface area contributed by atoms with Gasteiger partial charge in [0.05, 0.1) is 0 Å². The minimum absolute atomic E-state index is 0.424. The number of ether oxygens (including phenoxy) is 1. The van der Waals surface area contributed by atoms with Crippen molar-refractivity contribution in [2.45, 2.75) is 116 Å². The highest BCUT2D eigenvalue weighted by Gasteiger charge is 2.19. The van der Waals surface area contributed by atoms with Crippen molar-refractivity contribution in [1.82, 2.24) is 0 Å². The molecule has 4 heteroatoms. The summed E-state index contributed by atoms with van der Waals surface area (Å²) >= 11 is 0. The van der Waals surface area contributed by atoms with Gasteiger partial charge < -0.3 is 9.84 Å². The smallest absolute Gasteiger partial charge is 0.345 e. The quantitative estimate of drug-likeness (QED) is 0.265. The third-order valence-corrected chi connectivity index (χ3v) is 4.40. The van der Waals surface area contributed by atoms with Crippen LogP contribution in [0.4, 0.5) is 0 Å². The molecule has 0 aromatic heterocycles. The fourth-order valence-corrected chi connectivity index (χ4v) is 2.96. The molecule has 0 fully saturated rings. The predicted molar refractivity (Wildman–Crippen MR) is 98.1 cm³/mol. The van der Waals surface area contributed by atoms with Gasteiger partial charge >= 0.3 is 11.9 Å². The third kappa shape index (κ3) is 15.8. The molecule has 0 unspecified atom stereocenters. The lowest BCUT2D eigenvalue weighted by Gasteiger charge is -2.11. The molecule has 0 spiro atoms. The van der Waals surface area contributed by atoms with Gasteiger partial charge in [0.25, 0.3) is 0 Å². The first-order chi connectivity index (χ1) is 11.6. The summed E-state index contributed by atoms with van der Waals surface area (Å²) in [7, 11) is 0. The lowest BCUT2D eigenvalue weighted by molar-refractivity contribution is -0.163. The van der Waals surface area contributed by atoms with Gasteiger partial charge in [-0.05, 0) is 12.8 Å². The fraction of sp³-hybridized carbons (Fsp3) is 0.900. The van der Waals surface area contributed by atoms with Gasteiger partial charge in [0.1, 0.15) is 0 Å². The topological polar surface area (TPSA) is 63.6 Å². The molecule has 0 rings (SSSR count). The zero-order valence-corrected chi connectivity index (χ0v) is 15.9. The van der Waals surface area contributed by atoms with Gasteiger partial charge in [-0.15, -0.1) is 0 Å². The summed E-state index contributed by atoms with van der Waals surface area (Å²) in [5.41, 5.74) is 0. The number of hydrogen-bond acceptors (Lipinski definition) is 3. The molecule has 0 bridgehead atoms. The number of aliphatic carboxylic acids is 1. The summed E-state index contributed by atoms with van der Waals surface area (Å²) in [5.74, 6) is -1.56. The van der Waals surface area contributed by atoms with Crippen molar-refractivity contribution >= 4 is 11.9 Å². The minimum atomic E-state index is -1.04. The van der Waals surface area contributed by atoms with Crippen LogP contribution in [0.25, 0.3) is 0 Å². The standard InChI is InChI=1S/C20H38O4/c1-3-4-5-6-7-8-9-10-11-12-13-14-15-16-17-19(20(22)23)24-18(2)21/h19H,3-17H2,1-2H3,(H,22,23)/t19-/m0/s1. The molecule has 142 valence electrons. The molecule has 0 aliphatic rings. The molecule has 0 aliphatic heterocycles. The van der Waals surface area contributed by atoms with Gasteiger partial charge in [0.15, 0.2) is 6.10 Å². The second-order valence-corrected chi connectivity index (χ2v) is 6.82. The van der Waals surface area contributed by atoms with Crippen molar-refractivity contribution in [2.24, 2.45) is 0 Å². The lowest BCUT2D eigenvalue weighted by Crippen LogP contribution is -2.25. The van der Waals surface area contributed by atoms with Crippen LogP contribution >= 0.6 is 0 Å². The van der Waals surface area contributed by atoms with Crippen molar-refractivity contribution in [3.63, 3.8) is 0 Å². The Labute approximate surface area is 148 Å². The minimum Gasteiger partial charge on any atom is -0.479 e. The van der Waals surface area contributed by atoms with Crippen molar-refractivity contribution in [3.8, 4) is 0 Å². The van der Waals surface area contributed by atoms with Gasteiger partial charge in [-0.2, -0.15) is 0 Å². The molecule has 0 aliphatic carbocycles. The first-order valence-electron chi connectivity index (χ1n) is 9.98. The highest BCUT2D eigenvalue weighted by molar-refractivity contribution is 5.76. The molecule has 0 radical (unpaired) electrons. The second-order valence-electron chi connectivity index (χ2n) is 6.82. The Morgan fingerprint density at radius 1 is 0.750 bits per heavy atom. The Balaban J connectivity index is 3.30. The van der Waals surface area contributed by atoms with Crippen LogP contribution in [-0.4, -0.2) is 23.1 Å². The van der Waals surface area contributed by atoms with E-state index >= 15 is 0 Å². The molecule has 4 nitrogen and oxygen atoms in total. The molecular weight excluding hydrogens is 304 g/mol. The predicted octanol–water partition coefficient (Wildman–Crippen LogP) is 5.87. The first kappa shape index (κ1) is 22.9. The van der Waals surface area contributed by atoms with E-state index < -0.39 is 18.0 Å². The maximum atomic E-state index is 10.9. The van der Waals surface area contributed by atoms with E-state index in [1.165, 1.54) is 77.6 Å². The number of carboxylic acid groups (broad SMARTS) is 1. The summed E-state index contributed by atoms with van der Waals surface area (Å²) in [6.07, 6.45) is 17.2. The van der Waals surface area contributed by atoms with Crippen LogP contribution in [0.2, 0.25) is 0 Å². The Morgan fingerprint density at radius 3 is 1.46 bits per heavy atom. The van der Waals surface area contributed by atoms with E-state index in [1.807, 2.05) is 0 Å². The summed E-state index contributed by atoms with van der Waals surface area (Å²) in [6.45, 7) is 3.51. The van der Waals surface area contributed by atoms with Gasteiger partial charge in [0.2, 0.25) is 0 Å². The van der Waals surface area contributed by atoms with Crippen molar-refractivity contribution < 1.29 is 19.4 Å². The Hall–Kier alpha value is -1.06. The van der Waals surface area contributed by atoms with E-state index in [0.717, 1.165) is 19.3 Å². The van der Waals surface area contributed by atoms with Gasteiger partial charge in [-0.25, -0.2) is 4.79 Å². The van der Waals surface area contributed by atoms with E-state index in [2.05, 4.69) is 6.92 Å². The molecular formula is C20H38O4. The zero-order valence-electron chi connectivity index (χ0n) is 15.9. The highest BCUT2D eigenvalue weighted by atomic mass is 16.6. The van der Waals surface area contributed by atoms with E-state index in [1.54, 1.807) is 0 Å². The first-order valence-corrected chi connectivity index (χ1v) is 9.98. The lowest BCUT2D eigenvalue weighted by atomic mass is 10.0. The summed E-state index contributed by atoms with van der Waals surface area (Å²) in [4.78, 5) is 21.7. The molecule has 1 N–H and O–H groups in total. The van der Waals surface area contributed by atoms with Gasteiger partial charge in [0, 0.05) is 6.92 Å². The molecule has 0 amide bonds. The largest absolute Gasteiger partial charge is 0.479 e. The third-order valence-electron chi connectivity index (χ3n) is 4.40. The Kier molecular flexibility index (Phi) is 16.0. The Morgan fingerprint density at radius 2 is 1.12 bits per heavy atom. The average molecular weight is 343 g/mol. The molecule has 0 saturated heterocycles. The molecule has 0 aromatic rings. The SMILES string of the molecule is CCCCCCCCCCCCCCCC[C@H](OC(C)=O)C(=O)O. The van der Waals surface area contributed by atoms with Gasteiger partial charge in [-0.1, -0.05) is 90.4 Å². The van der Waals surface area contributed by atoms with Crippen LogP contribution < -0.4 is 0 Å². The van der Waals surface area contributed by atoms with E-state index in [0.29, 0.717) is 6.42 Å². The van der Waals surface area contributed by atoms with Gasteiger partial charge in [-0.3, -0.25) is 4.79 Å². The summed E-state index contributed by atoms with van der Waals surface area (Å²) in [6, 6.07) is 0. The normalized spacial score (nSPS) is 12.1. The number of unbranched alkanes of at least 4 members (excludes halogenated alkanes) is 13. The zero-order chi connectivity index (χ0) is 18.0. The average Bonchev–Trinajstić information content (AvgIpc) is 2.53. The maximum Gasteiger partial charge on any atom is 0.345 e. The number of carboxylic acids is 1. The van der Waals surface area contributed by atoms with Crippen LogP contribution in [0.1, 0.15) is 110 Å². The number of carbonyl (C=O) groups is 2. The number of hydrogen-bond donors (Lipinski definition) is 1. The number of rotatable bonds is 17. The van der Waals surface area contributed by atoms with E-state index in [9.17, 15) is 9.59 Å². The van der Waals surface area contributed by atoms with Crippen LogP contribution in [0.15, 0.2) is 0 Å². The molecule has 0 saturated carbocycles. The number of carbonyl (C=O) groups excluding carboxylic acids is 1. The number of esters is 1. The highest BCUT2D eigenvalue weighted by Crippen LogP contribution is 2.14. The van der Waals surface area contributed by atoms with E-state index in [-0.39, 0.29) is 0 Å². The fourth-order valence-electron chi connectivity index (χ4n) is 2.96. The molecule has 0 aromatic carbocycles. The summed E-state index contributed by atoms with van der Waals surface area (Å²) < 4.78 is 4.79. The van der Waals surface area contributed by atoms with Crippen molar-refractivity contribution in [1.29, 1.82) is 0 Å². The van der Waals surface area contributed by atoms with Crippen molar-refractivity contribution in [3.05, 3.63) is 0 Å². The molecule has 1 atom stereocenters. The van der Waals surface area contributed by atoms with Crippen LogP contribution in [0.3, 0.4) is 0 Å². The maximum absolute atomic E-state index is 10.9. The molecule has 24 heavy (non-hydrogen) atoms. The summed E-state index contributed by atoms with van der Waals surface area (Å²) in [5, 5.41) is 8.95. The van der Waals surface area contributed by atoms with Crippen LogP contribution in [0.5, 0.6) is 0 Å². The monoisotopic (exact) mass is 342 g/mol. The van der Waals surface area contributed by atoms with Crippen molar-refractivity contribution in [2.75, 3.05) is 0 Å². The second kappa shape index (κ2) is 16.8.